The molecule has 0 amide bonds. The van der Waals surface area contributed by atoms with E-state index >= 15 is 0 Å². The second kappa shape index (κ2) is 5.41. The number of benzene rings is 1. The summed E-state index contributed by atoms with van der Waals surface area (Å²) in [6.07, 6.45) is 1.04. The van der Waals surface area contributed by atoms with Crippen LogP contribution < -0.4 is 5.73 Å². The summed E-state index contributed by atoms with van der Waals surface area (Å²) in [5, 5.41) is 0. The Morgan fingerprint density at radius 2 is 2.06 bits per heavy atom. The van der Waals surface area contributed by atoms with Gasteiger partial charge in [-0.3, -0.25) is 4.79 Å². The standard InChI is InChI=1S/C14H20FNO/c1-14(2,3)9-12(16)8-13(17)10-5-4-6-11(15)7-10/h4-7,12H,8-9,16H2,1-3H3. The highest BCUT2D eigenvalue weighted by atomic mass is 19.1. The number of ketones is 1. The van der Waals surface area contributed by atoms with Crippen LogP contribution in [-0.4, -0.2) is 11.8 Å². The predicted molar refractivity (Wildman–Crippen MR) is 67.4 cm³/mol. The third kappa shape index (κ3) is 5.09. The zero-order valence-corrected chi connectivity index (χ0v) is 10.7. The summed E-state index contributed by atoms with van der Waals surface area (Å²) in [6, 6.07) is 5.57. The summed E-state index contributed by atoms with van der Waals surface area (Å²) in [6.45, 7) is 6.25. The highest BCUT2D eigenvalue weighted by Crippen LogP contribution is 2.21. The van der Waals surface area contributed by atoms with E-state index in [1.165, 1.54) is 18.2 Å². The van der Waals surface area contributed by atoms with Crippen molar-refractivity contribution in [1.82, 2.24) is 0 Å². The topological polar surface area (TPSA) is 43.1 Å². The van der Waals surface area contributed by atoms with Gasteiger partial charge in [0.05, 0.1) is 0 Å². The molecule has 0 bridgehead atoms. The molecule has 0 radical (unpaired) electrons. The molecule has 3 heteroatoms. The lowest BCUT2D eigenvalue weighted by Crippen LogP contribution is -2.29. The fraction of sp³-hybridized carbons (Fsp3) is 0.500. The Labute approximate surface area is 102 Å². The first-order valence-corrected chi connectivity index (χ1v) is 5.82. The van der Waals surface area contributed by atoms with E-state index in [0.29, 0.717) is 5.56 Å². The molecular formula is C14H20FNO. The SMILES string of the molecule is CC(C)(C)CC(N)CC(=O)c1cccc(F)c1. The minimum Gasteiger partial charge on any atom is -0.327 e. The van der Waals surface area contributed by atoms with Crippen LogP contribution in [-0.2, 0) is 0 Å². The van der Waals surface area contributed by atoms with E-state index in [-0.39, 0.29) is 29.5 Å². The molecule has 0 saturated heterocycles. The summed E-state index contributed by atoms with van der Waals surface area (Å²) < 4.78 is 13.0. The molecule has 0 saturated carbocycles. The molecule has 1 aromatic carbocycles. The number of carbonyl (C=O) groups excluding carboxylic acids is 1. The summed E-state index contributed by atoms with van der Waals surface area (Å²) in [5.74, 6) is -0.485. The Balaban J connectivity index is 2.61. The molecule has 1 unspecified atom stereocenters. The second-order valence-electron chi connectivity index (χ2n) is 5.66. The predicted octanol–water partition coefficient (Wildman–Crippen LogP) is 3.16. The minimum absolute atomic E-state index is 0.0961. The van der Waals surface area contributed by atoms with Gasteiger partial charge in [-0.05, 0) is 24.0 Å². The van der Waals surface area contributed by atoms with Crippen LogP contribution in [0.1, 0.15) is 44.0 Å². The Morgan fingerprint density at radius 1 is 1.41 bits per heavy atom. The molecule has 0 aliphatic rings. The fourth-order valence-corrected chi connectivity index (χ4v) is 1.88. The molecule has 2 N–H and O–H groups in total. The van der Waals surface area contributed by atoms with Gasteiger partial charge in [-0.2, -0.15) is 0 Å². The monoisotopic (exact) mass is 237 g/mol. The number of rotatable bonds is 4. The normalized spacial score (nSPS) is 13.5. The zero-order chi connectivity index (χ0) is 13.1. The molecule has 1 rings (SSSR count). The van der Waals surface area contributed by atoms with Gasteiger partial charge in [-0.25, -0.2) is 4.39 Å². The molecule has 0 heterocycles. The maximum absolute atomic E-state index is 13.0. The van der Waals surface area contributed by atoms with Crippen LogP contribution in [0.4, 0.5) is 4.39 Å². The van der Waals surface area contributed by atoms with E-state index in [1.807, 2.05) is 0 Å². The average molecular weight is 237 g/mol. The highest BCUT2D eigenvalue weighted by Gasteiger charge is 2.18. The minimum atomic E-state index is -0.389. The van der Waals surface area contributed by atoms with Crippen molar-refractivity contribution in [2.24, 2.45) is 11.1 Å². The lowest BCUT2D eigenvalue weighted by molar-refractivity contribution is 0.0968. The Hall–Kier alpha value is -1.22. The van der Waals surface area contributed by atoms with Gasteiger partial charge < -0.3 is 5.73 Å². The smallest absolute Gasteiger partial charge is 0.164 e. The van der Waals surface area contributed by atoms with Gasteiger partial charge in [0, 0.05) is 18.0 Å². The molecule has 1 atom stereocenters. The Morgan fingerprint density at radius 3 is 2.59 bits per heavy atom. The van der Waals surface area contributed by atoms with Crippen molar-refractivity contribution in [2.45, 2.75) is 39.7 Å². The Bertz CT molecular complexity index is 395. The van der Waals surface area contributed by atoms with Gasteiger partial charge in [0.25, 0.3) is 0 Å². The van der Waals surface area contributed by atoms with Gasteiger partial charge in [0.15, 0.2) is 5.78 Å². The van der Waals surface area contributed by atoms with Crippen molar-refractivity contribution in [1.29, 1.82) is 0 Å². The number of hydrogen-bond acceptors (Lipinski definition) is 2. The molecule has 17 heavy (non-hydrogen) atoms. The largest absolute Gasteiger partial charge is 0.327 e. The fourth-order valence-electron chi connectivity index (χ4n) is 1.88. The molecule has 2 nitrogen and oxygen atoms in total. The van der Waals surface area contributed by atoms with E-state index in [0.717, 1.165) is 6.42 Å². The van der Waals surface area contributed by atoms with Crippen LogP contribution >= 0.6 is 0 Å². The molecule has 0 aliphatic carbocycles. The summed E-state index contributed by atoms with van der Waals surface area (Å²) in [4.78, 5) is 11.8. The second-order valence-corrected chi connectivity index (χ2v) is 5.66. The number of nitrogens with two attached hydrogens (primary N) is 1. The van der Waals surface area contributed by atoms with Crippen LogP contribution in [0.5, 0.6) is 0 Å². The highest BCUT2D eigenvalue weighted by molar-refractivity contribution is 5.96. The maximum Gasteiger partial charge on any atom is 0.164 e. The van der Waals surface area contributed by atoms with Crippen molar-refractivity contribution in [2.75, 3.05) is 0 Å². The van der Waals surface area contributed by atoms with Crippen molar-refractivity contribution in [3.05, 3.63) is 35.6 Å². The van der Waals surface area contributed by atoms with Crippen LogP contribution in [0.3, 0.4) is 0 Å². The van der Waals surface area contributed by atoms with Crippen molar-refractivity contribution < 1.29 is 9.18 Å². The number of halogens is 1. The van der Waals surface area contributed by atoms with Crippen LogP contribution in [0.25, 0.3) is 0 Å². The third-order valence-corrected chi connectivity index (χ3v) is 2.47. The number of carbonyl (C=O) groups is 1. The van der Waals surface area contributed by atoms with Crippen molar-refractivity contribution >= 4 is 5.78 Å². The van der Waals surface area contributed by atoms with Crippen molar-refractivity contribution in [3.8, 4) is 0 Å². The lowest BCUT2D eigenvalue weighted by Gasteiger charge is -2.22. The molecular weight excluding hydrogens is 217 g/mol. The van der Waals surface area contributed by atoms with Crippen LogP contribution in [0, 0.1) is 11.2 Å². The van der Waals surface area contributed by atoms with Gasteiger partial charge >= 0.3 is 0 Å². The maximum atomic E-state index is 13.0. The molecule has 0 fully saturated rings. The Kier molecular flexibility index (Phi) is 4.40. The van der Waals surface area contributed by atoms with Crippen LogP contribution in [0.15, 0.2) is 24.3 Å². The summed E-state index contributed by atoms with van der Waals surface area (Å²) in [7, 11) is 0. The van der Waals surface area contributed by atoms with Crippen molar-refractivity contribution in [3.63, 3.8) is 0 Å². The van der Waals surface area contributed by atoms with E-state index < -0.39 is 0 Å². The van der Waals surface area contributed by atoms with E-state index in [2.05, 4.69) is 20.8 Å². The van der Waals surface area contributed by atoms with Gasteiger partial charge in [0.1, 0.15) is 5.82 Å². The van der Waals surface area contributed by atoms with E-state index in [9.17, 15) is 9.18 Å². The quantitative estimate of drug-likeness (QED) is 0.817. The molecule has 0 aromatic heterocycles. The zero-order valence-electron chi connectivity index (χ0n) is 10.7. The molecule has 1 aromatic rings. The van der Waals surface area contributed by atoms with E-state index in [4.69, 9.17) is 5.73 Å². The lowest BCUT2D eigenvalue weighted by atomic mass is 9.86. The average Bonchev–Trinajstić information content (AvgIpc) is 2.14. The van der Waals surface area contributed by atoms with Gasteiger partial charge in [0.2, 0.25) is 0 Å². The summed E-state index contributed by atoms with van der Waals surface area (Å²) in [5.41, 5.74) is 6.42. The first-order chi connectivity index (χ1) is 7.78. The number of Topliss-reactive ketones (excluding diaryl/α,β-unsaturated/α-hetero) is 1. The number of hydrogen-bond donors (Lipinski definition) is 1. The van der Waals surface area contributed by atoms with Gasteiger partial charge in [-0.1, -0.05) is 32.9 Å². The third-order valence-electron chi connectivity index (χ3n) is 2.47. The first-order valence-electron chi connectivity index (χ1n) is 5.82. The molecule has 94 valence electrons. The first kappa shape index (κ1) is 13.8. The molecule has 0 spiro atoms. The van der Waals surface area contributed by atoms with Crippen LogP contribution in [0.2, 0.25) is 0 Å². The van der Waals surface area contributed by atoms with Gasteiger partial charge in [-0.15, -0.1) is 0 Å². The molecule has 0 aliphatic heterocycles. The summed E-state index contributed by atoms with van der Waals surface area (Å²) >= 11 is 0. The van der Waals surface area contributed by atoms with E-state index in [1.54, 1.807) is 6.07 Å².